The molecule has 4 aromatic rings. The zero-order chi connectivity index (χ0) is 26.7. The fourth-order valence-electron chi connectivity index (χ4n) is 4.22. The summed E-state index contributed by atoms with van der Waals surface area (Å²) in [5.74, 6) is 0.0939. The van der Waals surface area contributed by atoms with Gasteiger partial charge in [0.15, 0.2) is 5.69 Å². The van der Waals surface area contributed by atoms with Crippen LogP contribution < -0.4 is 16.0 Å². The average Bonchev–Trinajstić information content (AvgIpc) is 3.35. The topological polar surface area (TPSA) is 121 Å². The Morgan fingerprint density at radius 3 is 2.53 bits per heavy atom. The van der Waals surface area contributed by atoms with Crippen molar-refractivity contribution in [1.29, 1.82) is 0 Å². The summed E-state index contributed by atoms with van der Waals surface area (Å²) in [5, 5.41) is 23.6. The third-order valence-electron chi connectivity index (χ3n) is 6.56. The van der Waals surface area contributed by atoms with Gasteiger partial charge in [0.2, 0.25) is 0 Å². The van der Waals surface area contributed by atoms with Crippen LogP contribution in [0.15, 0.2) is 72.8 Å². The van der Waals surface area contributed by atoms with Crippen LogP contribution in [0.2, 0.25) is 5.02 Å². The van der Waals surface area contributed by atoms with Crippen molar-refractivity contribution < 1.29 is 14.7 Å². The van der Waals surface area contributed by atoms with Gasteiger partial charge in [-0.1, -0.05) is 41.9 Å². The molecule has 0 unspecified atom stereocenters. The van der Waals surface area contributed by atoms with Gasteiger partial charge < -0.3 is 21.1 Å². The van der Waals surface area contributed by atoms with Crippen LogP contribution in [-0.4, -0.2) is 50.9 Å². The second-order valence-electron chi connectivity index (χ2n) is 9.23. The summed E-state index contributed by atoms with van der Waals surface area (Å²) in [5.41, 5.74) is 1.57. The number of para-hydroxylation sites is 1. The van der Waals surface area contributed by atoms with Crippen LogP contribution in [0, 0.1) is 0 Å². The van der Waals surface area contributed by atoms with E-state index in [0.29, 0.717) is 35.9 Å². The van der Waals surface area contributed by atoms with E-state index in [1.807, 2.05) is 48.5 Å². The van der Waals surface area contributed by atoms with Gasteiger partial charge >= 0.3 is 0 Å². The molecule has 2 amide bonds. The first kappa shape index (κ1) is 25.4. The third kappa shape index (κ3) is 5.39. The number of halogens is 1. The Bertz CT molecular complexity index is 1480. The van der Waals surface area contributed by atoms with Crippen molar-refractivity contribution >= 4 is 35.1 Å². The number of aromatic nitrogens is 3. The Labute approximate surface area is 224 Å². The van der Waals surface area contributed by atoms with Gasteiger partial charge in [-0.15, -0.1) is 0 Å². The molecule has 2 heterocycles. The molecule has 1 saturated carbocycles. The van der Waals surface area contributed by atoms with Gasteiger partial charge in [-0.2, -0.15) is 5.10 Å². The highest BCUT2D eigenvalue weighted by Gasteiger charge is 2.34. The van der Waals surface area contributed by atoms with Gasteiger partial charge in [-0.3, -0.25) is 9.59 Å². The molecule has 0 spiro atoms. The van der Waals surface area contributed by atoms with Crippen LogP contribution in [0.4, 0.5) is 11.6 Å². The number of anilines is 2. The predicted octanol–water partition coefficient (Wildman–Crippen LogP) is 4.53. The monoisotopic (exact) mass is 530 g/mol. The SMILES string of the molecule is CNc1cccc(-c2ccc(Cl)c(C(=O)Nc3cc(C(=O)NCC4(O)CCC4)nn3-c3ccccc3)c2)n1. The molecule has 5 rings (SSSR count). The van der Waals surface area contributed by atoms with Gasteiger partial charge in [0, 0.05) is 25.2 Å². The zero-order valence-electron chi connectivity index (χ0n) is 20.7. The van der Waals surface area contributed by atoms with Crippen molar-refractivity contribution in [2.75, 3.05) is 24.2 Å². The highest BCUT2D eigenvalue weighted by Crippen LogP contribution is 2.31. The number of benzene rings is 2. The molecule has 0 atom stereocenters. The largest absolute Gasteiger partial charge is 0.388 e. The minimum atomic E-state index is -0.863. The van der Waals surface area contributed by atoms with E-state index in [2.05, 4.69) is 26.0 Å². The van der Waals surface area contributed by atoms with E-state index >= 15 is 0 Å². The summed E-state index contributed by atoms with van der Waals surface area (Å²) in [4.78, 5) is 30.8. The first-order valence-electron chi connectivity index (χ1n) is 12.3. The van der Waals surface area contributed by atoms with Crippen molar-refractivity contribution in [2.24, 2.45) is 0 Å². The molecule has 1 aliphatic rings. The maximum Gasteiger partial charge on any atom is 0.271 e. The lowest BCUT2D eigenvalue weighted by Crippen LogP contribution is -2.47. The molecule has 194 valence electrons. The Balaban J connectivity index is 1.43. The third-order valence-corrected chi connectivity index (χ3v) is 6.89. The quantitative estimate of drug-likeness (QED) is 0.266. The number of rotatable bonds is 8. The molecule has 0 saturated heterocycles. The van der Waals surface area contributed by atoms with Crippen LogP contribution in [-0.2, 0) is 0 Å². The number of carbonyl (C=O) groups excluding carboxylic acids is 2. The number of hydrogen-bond acceptors (Lipinski definition) is 6. The lowest BCUT2D eigenvalue weighted by molar-refractivity contribution is -0.0300. The number of aliphatic hydroxyl groups is 1. The van der Waals surface area contributed by atoms with Gasteiger partial charge in [-0.25, -0.2) is 9.67 Å². The molecule has 0 bridgehead atoms. The lowest BCUT2D eigenvalue weighted by Gasteiger charge is -2.36. The summed E-state index contributed by atoms with van der Waals surface area (Å²) >= 11 is 6.42. The fraction of sp³-hybridized carbons (Fsp3) is 0.214. The first-order valence-corrected chi connectivity index (χ1v) is 12.7. The molecule has 1 aliphatic carbocycles. The Kier molecular flexibility index (Phi) is 7.13. The molecule has 1 fully saturated rings. The Morgan fingerprint density at radius 2 is 1.82 bits per heavy atom. The molecule has 38 heavy (non-hydrogen) atoms. The summed E-state index contributed by atoms with van der Waals surface area (Å²) in [7, 11) is 1.78. The van der Waals surface area contributed by atoms with E-state index < -0.39 is 17.4 Å². The highest BCUT2D eigenvalue weighted by atomic mass is 35.5. The summed E-state index contributed by atoms with van der Waals surface area (Å²) in [6, 6.07) is 21.4. The highest BCUT2D eigenvalue weighted by molar-refractivity contribution is 6.34. The molecule has 2 aromatic heterocycles. The molecule has 0 aliphatic heterocycles. The van der Waals surface area contributed by atoms with Crippen molar-refractivity contribution in [3.8, 4) is 16.9 Å². The van der Waals surface area contributed by atoms with Gasteiger partial charge in [0.05, 0.1) is 27.6 Å². The first-order chi connectivity index (χ1) is 18.3. The Hall–Kier alpha value is -4.21. The molecule has 9 nitrogen and oxygen atoms in total. The minimum Gasteiger partial charge on any atom is -0.388 e. The zero-order valence-corrected chi connectivity index (χ0v) is 21.5. The standard InChI is InChI=1S/C28H27ClN6O3/c1-30-24-10-5-9-22(32-24)18-11-12-21(29)20(15-18)26(36)33-25-16-23(27(37)31-17-28(38)13-6-14-28)34-35(25)19-7-3-2-4-8-19/h2-5,7-12,15-16,38H,6,13-14,17H2,1H3,(H,30,32)(H,31,37)(H,33,36). The minimum absolute atomic E-state index is 0.111. The van der Waals surface area contributed by atoms with Crippen molar-refractivity contribution in [3.05, 3.63) is 89.1 Å². The van der Waals surface area contributed by atoms with E-state index in [1.54, 1.807) is 25.2 Å². The second-order valence-corrected chi connectivity index (χ2v) is 9.64. The number of nitrogens with zero attached hydrogens (tertiary/aromatic N) is 3. The molecule has 0 radical (unpaired) electrons. The fourth-order valence-corrected chi connectivity index (χ4v) is 4.42. The van der Waals surface area contributed by atoms with Gasteiger partial charge in [0.25, 0.3) is 11.8 Å². The molecule has 2 aromatic carbocycles. The number of amides is 2. The molecule has 10 heteroatoms. The predicted molar refractivity (Wildman–Crippen MR) is 147 cm³/mol. The summed E-state index contributed by atoms with van der Waals surface area (Å²) < 4.78 is 1.49. The lowest BCUT2D eigenvalue weighted by atomic mass is 9.80. The normalized spacial score (nSPS) is 13.9. The summed E-state index contributed by atoms with van der Waals surface area (Å²) in [6.07, 6.45) is 2.25. The van der Waals surface area contributed by atoms with Crippen LogP contribution in [0.3, 0.4) is 0 Å². The average molecular weight is 531 g/mol. The molecular formula is C28H27ClN6O3. The van der Waals surface area contributed by atoms with E-state index in [1.165, 1.54) is 10.7 Å². The number of hydrogen-bond donors (Lipinski definition) is 4. The van der Waals surface area contributed by atoms with E-state index in [4.69, 9.17) is 11.6 Å². The number of pyridine rings is 1. The smallest absolute Gasteiger partial charge is 0.271 e. The molecular weight excluding hydrogens is 504 g/mol. The van der Waals surface area contributed by atoms with Gasteiger partial charge in [0.1, 0.15) is 11.6 Å². The number of nitrogens with one attached hydrogen (secondary N) is 3. The van der Waals surface area contributed by atoms with Crippen molar-refractivity contribution in [2.45, 2.75) is 24.9 Å². The van der Waals surface area contributed by atoms with Crippen LogP contribution in [0.1, 0.15) is 40.1 Å². The van der Waals surface area contributed by atoms with Crippen LogP contribution >= 0.6 is 11.6 Å². The van der Waals surface area contributed by atoms with E-state index in [0.717, 1.165) is 12.0 Å². The molecule has 4 N–H and O–H groups in total. The number of carbonyl (C=O) groups is 2. The maximum absolute atomic E-state index is 13.4. The second kappa shape index (κ2) is 10.6. The van der Waals surface area contributed by atoms with Crippen molar-refractivity contribution in [1.82, 2.24) is 20.1 Å². The van der Waals surface area contributed by atoms with E-state index in [9.17, 15) is 14.7 Å². The Morgan fingerprint density at radius 1 is 1.03 bits per heavy atom. The summed E-state index contributed by atoms with van der Waals surface area (Å²) in [6.45, 7) is 0.150. The van der Waals surface area contributed by atoms with Crippen molar-refractivity contribution in [3.63, 3.8) is 0 Å². The van der Waals surface area contributed by atoms with E-state index in [-0.39, 0.29) is 22.8 Å². The van der Waals surface area contributed by atoms with Crippen LogP contribution in [0.5, 0.6) is 0 Å². The van der Waals surface area contributed by atoms with Gasteiger partial charge in [-0.05, 0) is 55.7 Å². The maximum atomic E-state index is 13.4. The van der Waals surface area contributed by atoms with Crippen LogP contribution in [0.25, 0.3) is 16.9 Å².